The lowest BCUT2D eigenvalue weighted by Crippen LogP contribution is -2.30. The third-order valence-corrected chi connectivity index (χ3v) is 4.49. The number of nitrogens with zero attached hydrogens (tertiary/aromatic N) is 2. The predicted octanol–water partition coefficient (Wildman–Crippen LogP) is 4.76. The molecule has 3 rings (SSSR count). The number of carbonyl (C=O) groups is 1. The summed E-state index contributed by atoms with van der Waals surface area (Å²) in [5.74, 6) is 0.398. The van der Waals surface area contributed by atoms with Crippen LogP contribution in [0, 0.1) is 0 Å². The number of nitrogens with one attached hydrogen (secondary N) is 1. The van der Waals surface area contributed by atoms with Gasteiger partial charge in [0.25, 0.3) is 5.91 Å². The second-order valence-electron chi connectivity index (χ2n) is 6.79. The van der Waals surface area contributed by atoms with Gasteiger partial charge in [0.1, 0.15) is 5.75 Å². The molecule has 0 bridgehead atoms. The summed E-state index contributed by atoms with van der Waals surface area (Å²) in [5, 5.41) is 2.90. The molecule has 0 atom stereocenters. The van der Waals surface area contributed by atoms with E-state index in [0.717, 1.165) is 12.2 Å². The minimum Gasteiger partial charge on any atom is -0.495 e. The highest BCUT2D eigenvalue weighted by Gasteiger charge is 2.15. The molecule has 1 amide bonds. The van der Waals surface area contributed by atoms with Crippen molar-refractivity contribution in [2.75, 3.05) is 17.3 Å². The Bertz CT molecular complexity index is 926. The minimum atomic E-state index is -0.220. The van der Waals surface area contributed by atoms with Gasteiger partial charge in [-0.3, -0.25) is 9.78 Å². The van der Waals surface area contributed by atoms with E-state index in [1.165, 1.54) is 5.56 Å². The van der Waals surface area contributed by atoms with Gasteiger partial charge in [-0.05, 0) is 37.6 Å². The molecule has 0 saturated carbocycles. The fourth-order valence-corrected chi connectivity index (χ4v) is 3.00. The maximum absolute atomic E-state index is 12.8. The topological polar surface area (TPSA) is 54.5 Å². The first kappa shape index (κ1) is 19.4. The van der Waals surface area contributed by atoms with Gasteiger partial charge in [0.05, 0.1) is 30.2 Å². The van der Waals surface area contributed by atoms with Crippen LogP contribution in [0.1, 0.15) is 29.8 Å². The normalized spacial score (nSPS) is 10.6. The Hall–Kier alpha value is -3.34. The highest BCUT2D eigenvalue weighted by atomic mass is 16.5. The number of ether oxygens (including phenoxy) is 1. The third kappa shape index (κ3) is 4.68. The van der Waals surface area contributed by atoms with Crippen molar-refractivity contribution in [2.24, 2.45) is 0 Å². The molecule has 0 unspecified atom stereocenters. The molecule has 0 radical (unpaired) electrons. The molecule has 0 aliphatic carbocycles. The lowest BCUT2D eigenvalue weighted by Gasteiger charge is -2.29. The molecule has 1 heterocycles. The van der Waals surface area contributed by atoms with Gasteiger partial charge in [0.15, 0.2) is 0 Å². The average molecular weight is 375 g/mol. The molecule has 5 heteroatoms. The smallest absolute Gasteiger partial charge is 0.257 e. The van der Waals surface area contributed by atoms with E-state index in [0.29, 0.717) is 17.0 Å². The molecular formula is C23H25N3O2. The van der Waals surface area contributed by atoms with Crippen molar-refractivity contribution in [1.29, 1.82) is 0 Å². The number of hydrogen-bond acceptors (Lipinski definition) is 4. The number of hydrogen-bond donors (Lipinski definition) is 1. The number of anilines is 2. The zero-order chi connectivity index (χ0) is 19.9. The van der Waals surface area contributed by atoms with Crippen LogP contribution in [-0.2, 0) is 6.54 Å². The quantitative estimate of drug-likeness (QED) is 0.647. The molecule has 1 aromatic heterocycles. The summed E-state index contributed by atoms with van der Waals surface area (Å²) in [7, 11) is 1.58. The molecule has 2 aromatic carbocycles. The van der Waals surface area contributed by atoms with Gasteiger partial charge in [-0.15, -0.1) is 0 Å². The Morgan fingerprint density at radius 3 is 2.50 bits per heavy atom. The van der Waals surface area contributed by atoms with Crippen LogP contribution in [0.3, 0.4) is 0 Å². The van der Waals surface area contributed by atoms with Crippen LogP contribution in [0.2, 0.25) is 0 Å². The lowest BCUT2D eigenvalue weighted by atomic mass is 10.1. The number of rotatable bonds is 7. The highest BCUT2D eigenvalue weighted by Crippen LogP contribution is 2.25. The summed E-state index contributed by atoms with van der Waals surface area (Å²) in [4.78, 5) is 19.3. The van der Waals surface area contributed by atoms with Crippen LogP contribution in [0.15, 0.2) is 73.1 Å². The van der Waals surface area contributed by atoms with Crippen LogP contribution in [0.4, 0.5) is 11.4 Å². The molecule has 28 heavy (non-hydrogen) atoms. The van der Waals surface area contributed by atoms with Crippen LogP contribution >= 0.6 is 0 Å². The van der Waals surface area contributed by atoms with Gasteiger partial charge in [0, 0.05) is 18.8 Å². The monoisotopic (exact) mass is 375 g/mol. The van der Waals surface area contributed by atoms with Crippen molar-refractivity contribution < 1.29 is 9.53 Å². The Balaban J connectivity index is 1.82. The number of methoxy groups -OCH3 is 1. The molecule has 144 valence electrons. The van der Waals surface area contributed by atoms with Crippen molar-refractivity contribution in [3.05, 3.63) is 84.2 Å². The van der Waals surface area contributed by atoms with E-state index in [9.17, 15) is 4.79 Å². The first-order chi connectivity index (χ1) is 13.6. The van der Waals surface area contributed by atoms with Gasteiger partial charge in [-0.25, -0.2) is 0 Å². The van der Waals surface area contributed by atoms with Gasteiger partial charge in [-0.2, -0.15) is 0 Å². The van der Waals surface area contributed by atoms with Crippen LogP contribution < -0.4 is 15.0 Å². The predicted molar refractivity (Wildman–Crippen MR) is 113 cm³/mol. The number of pyridine rings is 1. The summed E-state index contributed by atoms with van der Waals surface area (Å²) in [5.41, 5.74) is 3.25. The van der Waals surface area contributed by atoms with E-state index < -0.39 is 0 Å². The first-order valence-corrected chi connectivity index (χ1v) is 9.28. The largest absolute Gasteiger partial charge is 0.495 e. The lowest BCUT2D eigenvalue weighted by molar-refractivity contribution is 0.102. The zero-order valence-electron chi connectivity index (χ0n) is 16.4. The number of aromatic nitrogens is 1. The summed E-state index contributed by atoms with van der Waals surface area (Å²) >= 11 is 0. The molecule has 0 spiro atoms. The molecular weight excluding hydrogens is 350 g/mol. The zero-order valence-corrected chi connectivity index (χ0v) is 16.4. The number of amides is 1. The second kappa shape index (κ2) is 9.04. The third-order valence-electron chi connectivity index (χ3n) is 4.49. The second-order valence-corrected chi connectivity index (χ2v) is 6.79. The average Bonchev–Trinajstić information content (AvgIpc) is 2.73. The molecule has 0 aliphatic heterocycles. The van der Waals surface area contributed by atoms with Gasteiger partial charge in [0.2, 0.25) is 0 Å². The number of benzene rings is 2. The van der Waals surface area contributed by atoms with Crippen molar-refractivity contribution in [2.45, 2.75) is 26.4 Å². The van der Waals surface area contributed by atoms with Crippen molar-refractivity contribution in [1.82, 2.24) is 4.98 Å². The Labute approximate surface area is 166 Å². The molecule has 3 aromatic rings. The van der Waals surface area contributed by atoms with Crippen LogP contribution in [-0.4, -0.2) is 24.0 Å². The van der Waals surface area contributed by atoms with Gasteiger partial charge >= 0.3 is 0 Å². The van der Waals surface area contributed by atoms with Crippen LogP contribution in [0.5, 0.6) is 5.75 Å². The summed E-state index contributed by atoms with van der Waals surface area (Å²) in [6.07, 6.45) is 3.37. The van der Waals surface area contributed by atoms with E-state index in [-0.39, 0.29) is 11.9 Å². The SMILES string of the molecule is COc1ccccc1NC(=O)c1cncc(N(Cc2ccccc2)C(C)C)c1. The van der Waals surface area contributed by atoms with E-state index in [2.05, 4.69) is 41.2 Å². The minimum absolute atomic E-state index is 0.220. The van der Waals surface area contributed by atoms with Crippen molar-refractivity contribution in [3.8, 4) is 5.75 Å². The van der Waals surface area contributed by atoms with E-state index in [1.54, 1.807) is 19.5 Å². The van der Waals surface area contributed by atoms with E-state index in [1.807, 2.05) is 48.5 Å². The highest BCUT2D eigenvalue weighted by molar-refractivity contribution is 6.05. The molecule has 0 saturated heterocycles. The van der Waals surface area contributed by atoms with Gasteiger partial charge < -0.3 is 15.0 Å². The van der Waals surface area contributed by atoms with E-state index >= 15 is 0 Å². The molecule has 5 nitrogen and oxygen atoms in total. The van der Waals surface area contributed by atoms with Gasteiger partial charge in [-0.1, -0.05) is 42.5 Å². The van der Waals surface area contributed by atoms with E-state index in [4.69, 9.17) is 4.74 Å². The summed E-state index contributed by atoms with van der Waals surface area (Å²) < 4.78 is 5.30. The fourth-order valence-electron chi connectivity index (χ4n) is 3.00. The summed E-state index contributed by atoms with van der Waals surface area (Å²) in [6, 6.07) is 19.7. The Morgan fingerprint density at radius 2 is 1.79 bits per heavy atom. The van der Waals surface area contributed by atoms with Crippen LogP contribution in [0.25, 0.3) is 0 Å². The van der Waals surface area contributed by atoms with Crippen molar-refractivity contribution in [3.63, 3.8) is 0 Å². The van der Waals surface area contributed by atoms with Crippen molar-refractivity contribution >= 4 is 17.3 Å². The fraction of sp³-hybridized carbons (Fsp3) is 0.217. The number of carbonyl (C=O) groups excluding carboxylic acids is 1. The Kier molecular flexibility index (Phi) is 6.27. The first-order valence-electron chi connectivity index (χ1n) is 9.28. The number of para-hydroxylation sites is 2. The molecule has 0 fully saturated rings. The maximum Gasteiger partial charge on any atom is 0.257 e. The molecule has 1 N–H and O–H groups in total. The standard InChI is InChI=1S/C23H25N3O2/c1-17(2)26(16-18-9-5-4-6-10-18)20-13-19(14-24-15-20)23(27)25-21-11-7-8-12-22(21)28-3/h4-15,17H,16H2,1-3H3,(H,25,27). The maximum atomic E-state index is 12.8. The Morgan fingerprint density at radius 1 is 1.07 bits per heavy atom. The molecule has 0 aliphatic rings. The summed E-state index contributed by atoms with van der Waals surface area (Å²) in [6.45, 7) is 5.01.